The molecule has 0 atom stereocenters. The normalized spacial score (nSPS) is 11.3. The average molecular weight is 525 g/mol. The van der Waals surface area contributed by atoms with Crippen LogP contribution in [0.4, 0.5) is 5.69 Å². The molecular weight excluding hydrogens is 488 g/mol. The summed E-state index contributed by atoms with van der Waals surface area (Å²) in [6, 6.07) is 19.0. The maximum atomic E-state index is 13.0. The number of amides is 1. The third-order valence-electron chi connectivity index (χ3n) is 6.68. The molecule has 0 saturated carbocycles. The fourth-order valence-corrected chi connectivity index (χ4v) is 4.37. The van der Waals surface area contributed by atoms with Gasteiger partial charge in [-0.05, 0) is 71.3 Å². The van der Waals surface area contributed by atoms with Gasteiger partial charge in [0.1, 0.15) is 0 Å². The maximum absolute atomic E-state index is 13.0. The maximum Gasteiger partial charge on any atom is 0.255 e. The Balaban J connectivity index is 1.58. The lowest BCUT2D eigenvalue weighted by atomic mass is 9.86. The van der Waals surface area contributed by atoms with Crippen LogP contribution in [0, 0.1) is 6.92 Å². The van der Waals surface area contributed by atoms with Crippen LogP contribution in [0.15, 0.2) is 71.7 Å². The summed E-state index contributed by atoms with van der Waals surface area (Å²) in [4.78, 5) is 26.0. The number of benzene rings is 2. The zero-order valence-corrected chi connectivity index (χ0v) is 23.5. The van der Waals surface area contributed by atoms with Crippen molar-refractivity contribution in [3.63, 3.8) is 0 Å². The molecule has 2 aromatic carbocycles. The Kier molecular flexibility index (Phi) is 8.29. The topological polar surface area (TPSA) is 86.1 Å². The van der Waals surface area contributed by atoms with E-state index in [1.807, 2.05) is 74.6 Å². The van der Waals surface area contributed by atoms with Crippen molar-refractivity contribution in [1.29, 1.82) is 0 Å². The molecule has 2 heterocycles. The number of aromatic nitrogens is 3. The van der Waals surface area contributed by atoms with Gasteiger partial charge in [-0.3, -0.25) is 9.59 Å². The highest BCUT2D eigenvalue weighted by Gasteiger charge is 2.16. The van der Waals surface area contributed by atoms with Crippen molar-refractivity contribution >= 4 is 11.6 Å². The van der Waals surface area contributed by atoms with Gasteiger partial charge in [0.15, 0.2) is 0 Å². The molecule has 0 saturated heterocycles. The lowest BCUT2D eigenvalue weighted by Gasteiger charge is -2.19. The quantitative estimate of drug-likeness (QED) is 0.302. The Morgan fingerprint density at radius 1 is 1.03 bits per heavy atom. The van der Waals surface area contributed by atoms with E-state index >= 15 is 0 Å². The molecule has 1 amide bonds. The number of aryl methyl sites for hydroxylation is 1. The molecule has 0 spiro atoms. The van der Waals surface area contributed by atoms with Crippen LogP contribution in [0.25, 0.3) is 11.1 Å². The molecule has 0 aliphatic carbocycles. The van der Waals surface area contributed by atoms with Crippen molar-refractivity contribution in [2.45, 2.75) is 52.9 Å². The van der Waals surface area contributed by atoms with Crippen molar-refractivity contribution in [1.82, 2.24) is 14.8 Å². The number of hydrogen-bond donors (Lipinski definition) is 1. The van der Waals surface area contributed by atoms with Crippen molar-refractivity contribution < 1.29 is 9.53 Å². The highest BCUT2D eigenvalue weighted by atomic mass is 16.5. The number of rotatable bonds is 8. The predicted molar refractivity (Wildman–Crippen MR) is 156 cm³/mol. The van der Waals surface area contributed by atoms with E-state index in [-0.39, 0.29) is 16.9 Å². The van der Waals surface area contributed by atoms with Crippen LogP contribution in [0.1, 0.15) is 66.9 Å². The number of hydrogen-bond acceptors (Lipinski definition) is 5. The second kappa shape index (κ2) is 11.6. The Hall–Kier alpha value is -4.26. The summed E-state index contributed by atoms with van der Waals surface area (Å²) in [5, 5.41) is 11.4. The monoisotopic (exact) mass is 524 g/mol. The van der Waals surface area contributed by atoms with E-state index in [4.69, 9.17) is 4.74 Å². The van der Waals surface area contributed by atoms with Crippen molar-refractivity contribution in [2.24, 2.45) is 7.05 Å². The summed E-state index contributed by atoms with van der Waals surface area (Å²) >= 11 is 0. The van der Waals surface area contributed by atoms with Crippen molar-refractivity contribution in [3.8, 4) is 17.0 Å². The Morgan fingerprint density at radius 2 is 1.77 bits per heavy atom. The number of carbonyl (C=O) groups excluding carboxylic acids is 1. The minimum atomic E-state index is -0.165. The first-order chi connectivity index (χ1) is 18.6. The van der Waals surface area contributed by atoms with Crippen LogP contribution >= 0.6 is 0 Å². The molecule has 0 aliphatic rings. The largest absolute Gasteiger partial charge is 0.477 e. The summed E-state index contributed by atoms with van der Waals surface area (Å²) in [6.45, 7) is 11.0. The van der Waals surface area contributed by atoms with E-state index in [1.54, 1.807) is 17.7 Å². The predicted octanol–water partition coefficient (Wildman–Crippen LogP) is 6.08. The molecule has 7 nitrogen and oxygen atoms in total. The van der Waals surface area contributed by atoms with E-state index in [0.717, 1.165) is 28.8 Å². The first-order valence-electron chi connectivity index (χ1n) is 13.2. The summed E-state index contributed by atoms with van der Waals surface area (Å²) in [5.74, 6) is 0.309. The van der Waals surface area contributed by atoms with Gasteiger partial charge in [0.25, 0.3) is 11.5 Å². The van der Waals surface area contributed by atoms with Crippen LogP contribution < -0.4 is 15.6 Å². The molecule has 202 valence electrons. The van der Waals surface area contributed by atoms with Gasteiger partial charge in [-0.2, -0.15) is 5.10 Å². The molecule has 0 aliphatic heterocycles. The smallest absolute Gasteiger partial charge is 0.255 e. The van der Waals surface area contributed by atoms with E-state index in [0.29, 0.717) is 35.7 Å². The standard InChI is InChI=1S/C32H36N4O3/c1-7-17-39-29-16-15-26(34-35-29)19-23-18-24(20-36(6)31(23)38)27-9-8-10-28(21(27)2)33-30(37)22-11-13-25(14-12-22)32(3,4)5/h8-16,18,20H,7,17,19H2,1-6H3,(H,33,37). The van der Waals surface area contributed by atoms with Gasteiger partial charge >= 0.3 is 0 Å². The molecule has 0 unspecified atom stereocenters. The number of anilines is 1. The van der Waals surface area contributed by atoms with Gasteiger partial charge in [0.2, 0.25) is 5.88 Å². The molecular formula is C32H36N4O3. The second-order valence-electron chi connectivity index (χ2n) is 10.8. The van der Waals surface area contributed by atoms with E-state index in [9.17, 15) is 9.59 Å². The van der Waals surface area contributed by atoms with Crippen LogP contribution in [0.2, 0.25) is 0 Å². The molecule has 39 heavy (non-hydrogen) atoms. The van der Waals surface area contributed by atoms with Gasteiger partial charge in [-0.15, -0.1) is 5.10 Å². The zero-order chi connectivity index (χ0) is 28.2. The van der Waals surface area contributed by atoms with Gasteiger partial charge < -0.3 is 14.6 Å². The fourth-order valence-electron chi connectivity index (χ4n) is 4.37. The molecule has 0 bridgehead atoms. The van der Waals surface area contributed by atoms with Crippen molar-refractivity contribution in [2.75, 3.05) is 11.9 Å². The summed E-state index contributed by atoms with van der Waals surface area (Å²) < 4.78 is 7.09. The minimum absolute atomic E-state index is 0.0215. The summed E-state index contributed by atoms with van der Waals surface area (Å²) in [5.41, 5.74) is 6.45. The average Bonchev–Trinajstić information content (AvgIpc) is 2.91. The lowest BCUT2D eigenvalue weighted by molar-refractivity contribution is 0.102. The molecule has 0 radical (unpaired) electrons. The van der Waals surface area contributed by atoms with Crippen LogP contribution in [0.5, 0.6) is 5.88 Å². The van der Waals surface area contributed by atoms with E-state index in [1.165, 1.54) is 5.56 Å². The number of pyridine rings is 1. The summed E-state index contributed by atoms with van der Waals surface area (Å²) in [6.07, 6.45) is 3.06. The van der Waals surface area contributed by atoms with Gasteiger partial charge in [0, 0.05) is 42.5 Å². The second-order valence-corrected chi connectivity index (χ2v) is 10.8. The number of carbonyl (C=O) groups is 1. The molecule has 2 aromatic heterocycles. The first kappa shape index (κ1) is 27.8. The van der Waals surface area contributed by atoms with E-state index < -0.39 is 0 Å². The molecule has 7 heteroatoms. The number of ether oxygens (including phenoxy) is 1. The van der Waals surface area contributed by atoms with Gasteiger partial charge in [-0.25, -0.2) is 0 Å². The van der Waals surface area contributed by atoms with Crippen molar-refractivity contribution in [3.05, 3.63) is 105 Å². The number of nitrogens with one attached hydrogen (secondary N) is 1. The molecule has 0 fully saturated rings. The molecule has 1 N–H and O–H groups in total. The van der Waals surface area contributed by atoms with Crippen LogP contribution in [0.3, 0.4) is 0 Å². The fraction of sp³-hybridized carbons (Fsp3) is 0.312. The molecule has 4 aromatic rings. The Bertz CT molecular complexity index is 1520. The third kappa shape index (κ3) is 6.60. The first-order valence-corrected chi connectivity index (χ1v) is 13.2. The SMILES string of the molecule is CCCOc1ccc(Cc2cc(-c3cccc(NC(=O)c4ccc(C(C)(C)C)cc4)c3C)cn(C)c2=O)nn1. The highest BCUT2D eigenvalue weighted by Crippen LogP contribution is 2.29. The number of nitrogens with zero attached hydrogens (tertiary/aromatic N) is 3. The Morgan fingerprint density at radius 3 is 2.41 bits per heavy atom. The van der Waals surface area contributed by atoms with E-state index in [2.05, 4.69) is 36.3 Å². The minimum Gasteiger partial charge on any atom is -0.477 e. The zero-order valence-electron chi connectivity index (χ0n) is 23.5. The highest BCUT2D eigenvalue weighted by molar-refractivity contribution is 6.05. The summed E-state index contributed by atoms with van der Waals surface area (Å²) in [7, 11) is 1.74. The van der Waals surface area contributed by atoms with Crippen LogP contribution in [-0.4, -0.2) is 27.3 Å². The molecule has 4 rings (SSSR count). The van der Waals surface area contributed by atoms with Gasteiger partial charge in [-0.1, -0.05) is 52.0 Å². The lowest BCUT2D eigenvalue weighted by Crippen LogP contribution is -2.21. The third-order valence-corrected chi connectivity index (χ3v) is 6.68. The Labute approximate surface area is 229 Å². The van der Waals surface area contributed by atoms with Crippen LogP contribution in [-0.2, 0) is 18.9 Å². The van der Waals surface area contributed by atoms with Gasteiger partial charge in [0.05, 0.1) is 12.3 Å².